The topological polar surface area (TPSA) is 15.3 Å². The van der Waals surface area contributed by atoms with Crippen LogP contribution in [0, 0.1) is 6.92 Å². The van der Waals surface area contributed by atoms with Gasteiger partial charge in [-0.2, -0.15) is 0 Å². The Balaban J connectivity index is 1.84. The maximum atomic E-state index is 3.56. The Kier molecular flexibility index (Phi) is 4.26. The molecule has 3 rings (SSSR count). The van der Waals surface area contributed by atoms with E-state index in [4.69, 9.17) is 0 Å². The smallest absolute Gasteiger partial charge is 0.0396 e. The molecule has 0 fully saturated rings. The number of fused-ring (bicyclic) bond motifs is 1. The van der Waals surface area contributed by atoms with Crippen LogP contribution in [0.3, 0.4) is 0 Å². The highest BCUT2D eigenvalue weighted by Gasteiger charge is 2.22. The van der Waals surface area contributed by atoms with E-state index in [1.54, 1.807) is 0 Å². The maximum Gasteiger partial charge on any atom is 0.0396 e. The van der Waals surface area contributed by atoms with Crippen LogP contribution >= 0.6 is 0 Å². The van der Waals surface area contributed by atoms with Gasteiger partial charge in [0.2, 0.25) is 0 Å². The minimum absolute atomic E-state index is 0.564. The zero-order valence-electron chi connectivity index (χ0n) is 13.0. The molecule has 0 aromatic heterocycles. The van der Waals surface area contributed by atoms with Crippen molar-refractivity contribution >= 4 is 5.69 Å². The minimum atomic E-state index is 0.564. The molecule has 2 heteroatoms. The van der Waals surface area contributed by atoms with Crippen molar-refractivity contribution < 1.29 is 0 Å². The summed E-state index contributed by atoms with van der Waals surface area (Å²) in [5.74, 6) is 0.564. The number of rotatable bonds is 4. The highest BCUT2D eigenvalue weighted by atomic mass is 15.1. The predicted molar refractivity (Wildman–Crippen MR) is 90.0 cm³/mol. The second-order valence-electron chi connectivity index (χ2n) is 5.85. The van der Waals surface area contributed by atoms with Crippen LogP contribution in [0.5, 0.6) is 0 Å². The van der Waals surface area contributed by atoms with E-state index in [0.717, 1.165) is 26.2 Å². The van der Waals surface area contributed by atoms with Gasteiger partial charge < -0.3 is 10.2 Å². The van der Waals surface area contributed by atoms with Crippen LogP contribution in [0.15, 0.2) is 48.5 Å². The second-order valence-corrected chi connectivity index (χ2v) is 5.85. The van der Waals surface area contributed by atoms with Crippen molar-refractivity contribution in [1.29, 1.82) is 0 Å². The molecule has 1 heterocycles. The van der Waals surface area contributed by atoms with E-state index in [2.05, 4.69) is 72.6 Å². The van der Waals surface area contributed by atoms with Crippen molar-refractivity contribution in [2.75, 3.05) is 24.5 Å². The lowest BCUT2D eigenvalue weighted by Crippen LogP contribution is -2.37. The molecule has 0 amide bonds. The van der Waals surface area contributed by atoms with Crippen molar-refractivity contribution in [2.45, 2.75) is 26.3 Å². The number of hydrogen-bond donors (Lipinski definition) is 1. The van der Waals surface area contributed by atoms with E-state index in [-0.39, 0.29) is 0 Å². The summed E-state index contributed by atoms with van der Waals surface area (Å²) in [4.78, 5) is 2.50. The molecule has 0 saturated heterocycles. The summed E-state index contributed by atoms with van der Waals surface area (Å²) in [6.07, 6.45) is 0. The first-order valence-electron chi connectivity index (χ1n) is 7.88. The molecule has 1 atom stereocenters. The Labute approximate surface area is 127 Å². The first-order valence-corrected chi connectivity index (χ1v) is 7.88. The number of nitrogens with zero attached hydrogens (tertiary/aromatic N) is 1. The van der Waals surface area contributed by atoms with Crippen LogP contribution in [0.25, 0.3) is 0 Å². The van der Waals surface area contributed by atoms with Gasteiger partial charge in [0.05, 0.1) is 0 Å². The fraction of sp³-hybridized carbons (Fsp3) is 0.368. The molecule has 0 radical (unpaired) electrons. The fourth-order valence-electron chi connectivity index (χ4n) is 3.33. The molecule has 2 aromatic carbocycles. The number of likely N-dealkylation sites (N-methyl/N-ethyl adjacent to an activating group) is 1. The van der Waals surface area contributed by atoms with Crippen LogP contribution in [-0.4, -0.2) is 19.6 Å². The van der Waals surface area contributed by atoms with E-state index in [9.17, 15) is 0 Å². The highest BCUT2D eigenvalue weighted by molar-refractivity contribution is 5.53. The van der Waals surface area contributed by atoms with Gasteiger partial charge in [-0.05, 0) is 36.6 Å². The van der Waals surface area contributed by atoms with Crippen LogP contribution in [-0.2, 0) is 6.54 Å². The zero-order valence-corrected chi connectivity index (χ0v) is 13.0. The van der Waals surface area contributed by atoms with E-state index in [1.807, 2.05) is 0 Å². The monoisotopic (exact) mass is 280 g/mol. The third-order valence-corrected chi connectivity index (χ3v) is 4.48. The van der Waals surface area contributed by atoms with Crippen LogP contribution in [0.1, 0.15) is 29.5 Å². The number of aryl methyl sites for hydroxylation is 1. The van der Waals surface area contributed by atoms with E-state index in [0.29, 0.717) is 5.92 Å². The number of para-hydroxylation sites is 1. The molecule has 0 saturated carbocycles. The minimum Gasteiger partial charge on any atom is -0.371 e. The molecule has 21 heavy (non-hydrogen) atoms. The number of anilines is 1. The Morgan fingerprint density at radius 2 is 1.86 bits per heavy atom. The van der Waals surface area contributed by atoms with Gasteiger partial charge in [0, 0.05) is 37.8 Å². The Hall–Kier alpha value is -1.80. The average Bonchev–Trinajstić information content (AvgIpc) is 2.53. The van der Waals surface area contributed by atoms with Gasteiger partial charge in [0.15, 0.2) is 0 Å². The molecule has 0 aliphatic carbocycles. The lowest BCUT2D eigenvalue weighted by molar-refractivity contribution is 0.533. The van der Waals surface area contributed by atoms with E-state index in [1.165, 1.54) is 22.4 Å². The summed E-state index contributed by atoms with van der Waals surface area (Å²) in [5, 5.41) is 3.56. The van der Waals surface area contributed by atoms with Crippen molar-refractivity contribution in [3.8, 4) is 0 Å². The zero-order chi connectivity index (χ0) is 14.7. The lowest BCUT2D eigenvalue weighted by atomic mass is 9.90. The summed E-state index contributed by atoms with van der Waals surface area (Å²) in [7, 11) is 0. The SMILES string of the molecule is CCN(CC1CNCc2ccccc21)c1ccccc1C. The number of nitrogens with one attached hydrogen (secondary N) is 1. The predicted octanol–water partition coefficient (Wildman–Crippen LogP) is 3.71. The molecule has 2 nitrogen and oxygen atoms in total. The molecule has 0 bridgehead atoms. The third-order valence-electron chi connectivity index (χ3n) is 4.48. The molecular formula is C19H24N2. The largest absolute Gasteiger partial charge is 0.371 e. The van der Waals surface area contributed by atoms with Crippen LogP contribution in [0.2, 0.25) is 0 Å². The van der Waals surface area contributed by atoms with Gasteiger partial charge in [-0.15, -0.1) is 0 Å². The van der Waals surface area contributed by atoms with Gasteiger partial charge >= 0.3 is 0 Å². The van der Waals surface area contributed by atoms with E-state index < -0.39 is 0 Å². The maximum absolute atomic E-state index is 3.56. The third kappa shape index (κ3) is 2.96. The summed E-state index contributed by atoms with van der Waals surface area (Å²) in [6.45, 7) is 8.64. The van der Waals surface area contributed by atoms with Crippen molar-refractivity contribution in [2.24, 2.45) is 0 Å². The van der Waals surface area contributed by atoms with Crippen molar-refractivity contribution in [1.82, 2.24) is 5.32 Å². The molecule has 1 aliphatic heterocycles. The number of hydrogen-bond acceptors (Lipinski definition) is 2. The van der Waals surface area contributed by atoms with Crippen molar-refractivity contribution in [3.05, 3.63) is 65.2 Å². The summed E-state index contributed by atoms with van der Waals surface area (Å²) < 4.78 is 0. The van der Waals surface area contributed by atoms with Crippen LogP contribution in [0.4, 0.5) is 5.69 Å². The Bertz CT molecular complexity index is 606. The van der Waals surface area contributed by atoms with E-state index >= 15 is 0 Å². The quantitative estimate of drug-likeness (QED) is 0.918. The Morgan fingerprint density at radius 1 is 1.10 bits per heavy atom. The van der Waals surface area contributed by atoms with Crippen molar-refractivity contribution in [3.63, 3.8) is 0 Å². The standard InChI is InChI=1S/C19H24N2/c1-3-21(19-11-7-4-8-15(19)2)14-17-13-20-12-16-9-5-6-10-18(16)17/h4-11,17,20H,3,12-14H2,1-2H3. The fourth-order valence-corrected chi connectivity index (χ4v) is 3.33. The second kappa shape index (κ2) is 6.31. The summed E-state index contributed by atoms with van der Waals surface area (Å²) in [5.41, 5.74) is 5.69. The molecule has 1 N–H and O–H groups in total. The molecule has 0 spiro atoms. The lowest BCUT2D eigenvalue weighted by Gasteiger charge is -2.33. The molecule has 1 unspecified atom stereocenters. The number of benzene rings is 2. The summed E-state index contributed by atoms with van der Waals surface area (Å²) in [6, 6.07) is 17.5. The average molecular weight is 280 g/mol. The van der Waals surface area contributed by atoms with Crippen LogP contribution < -0.4 is 10.2 Å². The molecule has 1 aliphatic rings. The van der Waals surface area contributed by atoms with Gasteiger partial charge in [-0.1, -0.05) is 42.5 Å². The molecule has 2 aromatic rings. The first kappa shape index (κ1) is 14.2. The molecular weight excluding hydrogens is 256 g/mol. The highest BCUT2D eigenvalue weighted by Crippen LogP contribution is 2.27. The Morgan fingerprint density at radius 3 is 2.67 bits per heavy atom. The van der Waals surface area contributed by atoms with Gasteiger partial charge in [0.1, 0.15) is 0 Å². The normalized spacial score (nSPS) is 17.3. The van der Waals surface area contributed by atoms with Gasteiger partial charge in [0.25, 0.3) is 0 Å². The molecule has 110 valence electrons. The summed E-state index contributed by atoms with van der Waals surface area (Å²) >= 11 is 0. The first-order chi connectivity index (χ1) is 10.3. The van der Waals surface area contributed by atoms with Gasteiger partial charge in [-0.3, -0.25) is 0 Å². The van der Waals surface area contributed by atoms with Gasteiger partial charge in [-0.25, -0.2) is 0 Å².